The van der Waals surface area contributed by atoms with Crippen molar-refractivity contribution in [1.29, 1.82) is 0 Å². The molecule has 3 aromatic rings. The number of hydrogen-bond acceptors (Lipinski definition) is 5. The third kappa shape index (κ3) is 5.35. The van der Waals surface area contributed by atoms with Gasteiger partial charge in [0.25, 0.3) is 0 Å². The molecule has 2 aliphatic heterocycles. The summed E-state index contributed by atoms with van der Waals surface area (Å²) in [7, 11) is 0. The molecule has 2 heterocycles. The Morgan fingerprint density at radius 1 is 0.925 bits per heavy atom. The second-order valence-corrected chi connectivity index (χ2v) is 10.5. The van der Waals surface area contributed by atoms with Crippen LogP contribution in [0.25, 0.3) is 11.1 Å². The van der Waals surface area contributed by atoms with Crippen molar-refractivity contribution < 1.29 is 42.0 Å². The van der Waals surface area contributed by atoms with Gasteiger partial charge >= 0.3 is 12.1 Å². The highest BCUT2D eigenvalue weighted by molar-refractivity contribution is 5.75. The van der Waals surface area contributed by atoms with Gasteiger partial charge in [0, 0.05) is 30.4 Å². The quantitative estimate of drug-likeness (QED) is 0.341. The number of ether oxygens (including phenoxy) is 4. The van der Waals surface area contributed by atoms with Gasteiger partial charge in [0.15, 0.2) is 0 Å². The van der Waals surface area contributed by atoms with Crippen molar-refractivity contribution in [3.05, 3.63) is 76.9 Å². The molecule has 1 fully saturated rings. The van der Waals surface area contributed by atoms with E-state index >= 15 is 0 Å². The normalized spacial score (nSPS) is 20.5. The fourth-order valence-electron chi connectivity index (χ4n) is 5.92. The number of alkyl halides is 3. The van der Waals surface area contributed by atoms with Crippen LogP contribution in [0.3, 0.4) is 0 Å². The van der Waals surface area contributed by atoms with Gasteiger partial charge in [0.05, 0.1) is 31.8 Å². The van der Waals surface area contributed by atoms with E-state index in [4.69, 9.17) is 24.1 Å². The molecule has 0 bridgehead atoms. The lowest BCUT2D eigenvalue weighted by Gasteiger charge is -2.23. The molecule has 1 saturated heterocycles. The van der Waals surface area contributed by atoms with Gasteiger partial charge in [-0.25, -0.2) is 0 Å². The SMILES string of the molecule is O=C(O)CC1COc2cc(OC3CCc4c3ccc(C(F)(F)F)c4-c3ccc(OC4CCOCC4)cc3)ccc21. The molecule has 210 valence electrons. The van der Waals surface area contributed by atoms with E-state index in [0.717, 1.165) is 30.0 Å². The van der Waals surface area contributed by atoms with Crippen LogP contribution in [-0.4, -0.2) is 37.0 Å². The van der Waals surface area contributed by atoms with Gasteiger partial charge in [-0.1, -0.05) is 24.3 Å². The fourth-order valence-corrected chi connectivity index (χ4v) is 5.92. The molecule has 0 radical (unpaired) electrons. The number of carboxylic acid groups (broad SMARTS) is 1. The Morgan fingerprint density at radius 3 is 2.38 bits per heavy atom. The Labute approximate surface area is 229 Å². The zero-order valence-corrected chi connectivity index (χ0v) is 21.7. The number of carboxylic acids is 1. The molecule has 1 aliphatic carbocycles. The molecule has 0 saturated carbocycles. The Balaban J connectivity index is 1.26. The maximum atomic E-state index is 14.2. The minimum Gasteiger partial charge on any atom is -0.492 e. The maximum absolute atomic E-state index is 14.2. The van der Waals surface area contributed by atoms with Gasteiger partial charge < -0.3 is 24.1 Å². The van der Waals surface area contributed by atoms with E-state index in [-0.39, 0.29) is 24.0 Å². The highest BCUT2D eigenvalue weighted by atomic mass is 19.4. The molecule has 0 aromatic heterocycles. The van der Waals surface area contributed by atoms with Crippen molar-refractivity contribution in [2.24, 2.45) is 0 Å². The molecule has 0 spiro atoms. The van der Waals surface area contributed by atoms with E-state index in [0.29, 0.717) is 61.0 Å². The minimum absolute atomic E-state index is 0.0177. The number of fused-ring (bicyclic) bond motifs is 2. The lowest BCUT2D eigenvalue weighted by Crippen LogP contribution is -2.25. The summed E-state index contributed by atoms with van der Waals surface area (Å²) in [6.07, 6.45) is -2.35. The highest BCUT2D eigenvalue weighted by Crippen LogP contribution is 2.47. The molecule has 9 heteroatoms. The Kier molecular flexibility index (Phi) is 7.08. The predicted octanol–water partition coefficient (Wildman–Crippen LogP) is 6.95. The van der Waals surface area contributed by atoms with Crippen molar-refractivity contribution in [3.8, 4) is 28.4 Å². The van der Waals surface area contributed by atoms with E-state index in [1.165, 1.54) is 6.07 Å². The summed E-state index contributed by atoms with van der Waals surface area (Å²) < 4.78 is 65.8. The Hall–Kier alpha value is -3.72. The lowest BCUT2D eigenvalue weighted by molar-refractivity contribution is -0.138. The zero-order valence-electron chi connectivity index (χ0n) is 21.7. The van der Waals surface area contributed by atoms with Gasteiger partial charge in [-0.15, -0.1) is 0 Å². The maximum Gasteiger partial charge on any atom is 0.417 e. The average molecular weight is 555 g/mol. The van der Waals surface area contributed by atoms with Crippen LogP contribution in [0, 0.1) is 0 Å². The number of hydrogen-bond donors (Lipinski definition) is 1. The standard InChI is InChI=1S/C31H29F3O6/c32-31(33,34)26-9-7-24-25(30(26)18-1-3-20(4-2-18)39-21-11-13-37-14-12-21)8-10-27(24)40-22-5-6-23-19(15-29(35)36)17-38-28(23)16-22/h1-7,9,16,19,21,27H,8,10-15,17H2,(H,35,36). The molecule has 6 nitrogen and oxygen atoms in total. The number of carbonyl (C=O) groups is 1. The third-order valence-corrected chi connectivity index (χ3v) is 7.84. The number of aliphatic carboxylic acids is 1. The fraction of sp³-hybridized carbons (Fsp3) is 0.387. The van der Waals surface area contributed by atoms with Crippen molar-refractivity contribution >= 4 is 5.97 Å². The predicted molar refractivity (Wildman–Crippen MR) is 140 cm³/mol. The van der Waals surface area contributed by atoms with Crippen molar-refractivity contribution in [2.45, 2.75) is 56.4 Å². The van der Waals surface area contributed by atoms with E-state index in [1.807, 2.05) is 6.07 Å². The summed E-state index contributed by atoms with van der Waals surface area (Å²) >= 11 is 0. The lowest BCUT2D eigenvalue weighted by atomic mass is 9.91. The first-order valence-electron chi connectivity index (χ1n) is 13.5. The van der Waals surface area contributed by atoms with Crippen LogP contribution in [0.2, 0.25) is 0 Å². The number of benzene rings is 3. The summed E-state index contributed by atoms with van der Waals surface area (Å²) in [5, 5.41) is 9.13. The molecular formula is C31H29F3O6. The molecule has 1 N–H and O–H groups in total. The van der Waals surface area contributed by atoms with Gasteiger partial charge in [0.1, 0.15) is 29.5 Å². The van der Waals surface area contributed by atoms with Crippen LogP contribution in [0.5, 0.6) is 17.2 Å². The summed E-state index contributed by atoms with van der Waals surface area (Å²) in [6, 6.07) is 14.8. The van der Waals surface area contributed by atoms with Crippen LogP contribution in [0.1, 0.15) is 60.0 Å². The molecule has 40 heavy (non-hydrogen) atoms. The monoisotopic (exact) mass is 554 g/mol. The van der Waals surface area contributed by atoms with Gasteiger partial charge in [0.2, 0.25) is 0 Å². The van der Waals surface area contributed by atoms with Crippen LogP contribution in [0.15, 0.2) is 54.6 Å². The minimum atomic E-state index is -4.51. The van der Waals surface area contributed by atoms with Gasteiger partial charge in [-0.3, -0.25) is 4.79 Å². The van der Waals surface area contributed by atoms with Gasteiger partial charge in [-0.2, -0.15) is 13.2 Å². The summed E-state index contributed by atoms with van der Waals surface area (Å²) in [5.74, 6) is 0.634. The van der Waals surface area contributed by atoms with E-state index in [1.54, 1.807) is 36.4 Å². The average Bonchev–Trinajstić information content (AvgIpc) is 3.52. The Morgan fingerprint density at radius 2 is 1.65 bits per heavy atom. The molecular weight excluding hydrogens is 525 g/mol. The number of rotatable bonds is 7. The van der Waals surface area contributed by atoms with Crippen molar-refractivity contribution in [2.75, 3.05) is 19.8 Å². The molecule has 3 aliphatic rings. The summed E-state index contributed by atoms with van der Waals surface area (Å²) in [4.78, 5) is 11.1. The van der Waals surface area contributed by atoms with Crippen LogP contribution in [-0.2, 0) is 22.1 Å². The number of halogens is 3. The molecule has 0 amide bonds. The topological polar surface area (TPSA) is 74.2 Å². The second-order valence-electron chi connectivity index (χ2n) is 10.5. The van der Waals surface area contributed by atoms with E-state index < -0.39 is 23.8 Å². The first-order chi connectivity index (χ1) is 19.3. The smallest absolute Gasteiger partial charge is 0.417 e. The first kappa shape index (κ1) is 26.5. The molecule has 2 unspecified atom stereocenters. The Bertz CT molecular complexity index is 1400. The third-order valence-electron chi connectivity index (χ3n) is 7.84. The van der Waals surface area contributed by atoms with Crippen LogP contribution >= 0.6 is 0 Å². The molecule has 3 aromatic carbocycles. The van der Waals surface area contributed by atoms with E-state index in [2.05, 4.69) is 0 Å². The van der Waals surface area contributed by atoms with E-state index in [9.17, 15) is 18.0 Å². The van der Waals surface area contributed by atoms with Gasteiger partial charge in [-0.05, 0) is 59.4 Å². The highest BCUT2D eigenvalue weighted by Gasteiger charge is 2.38. The van der Waals surface area contributed by atoms with Crippen LogP contribution in [0.4, 0.5) is 13.2 Å². The van der Waals surface area contributed by atoms with Crippen molar-refractivity contribution in [3.63, 3.8) is 0 Å². The van der Waals surface area contributed by atoms with Crippen molar-refractivity contribution in [1.82, 2.24) is 0 Å². The summed E-state index contributed by atoms with van der Waals surface area (Å²) in [6.45, 7) is 1.57. The zero-order chi connectivity index (χ0) is 27.9. The second kappa shape index (κ2) is 10.7. The largest absolute Gasteiger partial charge is 0.492 e. The van der Waals surface area contributed by atoms with Crippen LogP contribution < -0.4 is 14.2 Å². The molecule has 6 rings (SSSR count). The first-order valence-corrected chi connectivity index (χ1v) is 13.5. The molecule has 2 atom stereocenters. The summed E-state index contributed by atoms with van der Waals surface area (Å²) in [5.41, 5.74) is 2.19.